The minimum absolute atomic E-state index is 0.538. The molecule has 0 radical (unpaired) electrons. The van der Waals surface area contributed by atoms with Gasteiger partial charge < -0.3 is 4.74 Å². The van der Waals surface area contributed by atoms with Crippen LogP contribution in [0, 0.1) is 0 Å². The first-order chi connectivity index (χ1) is 6.81. The summed E-state index contributed by atoms with van der Waals surface area (Å²) in [6, 6.07) is 0. The lowest BCUT2D eigenvalue weighted by atomic mass is 10.8. The zero-order valence-corrected chi connectivity index (χ0v) is 8.17. The van der Waals surface area contributed by atoms with E-state index in [2.05, 4.69) is 20.6 Å². The van der Waals surface area contributed by atoms with Gasteiger partial charge in [0.1, 0.15) is 17.0 Å². The largest absolute Gasteiger partial charge is 0.452 e. The van der Waals surface area contributed by atoms with Crippen LogP contribution >= 0.6 is 11.3 Å². The predicted molar refractivity (Wildman–Crippen MR) is 52.2 cm³/mol. The zero-order chi connectivity index (χ0) is 9.97. The highest BCUT2D eigenvalue weighted by atomic mass is 32.1. The average molecular weight is 212 g/mol. The summed E-state index contributed by atoms with van der Waals surface area (Å²) in [5, 5.41) is 1.87. The van der Waals surface area contributed by atoms with Gasteiger partial charge in [0.2, 0.25) is 0 Å². The molecule has 6 nitrogen and oxygen atoms in total. The number of rotatable bonds is 2. The summed E-state index contributed by atoms with van der Waals surface area (Å²) in [5.74, 6) is 0.743. The molecule has 0 saturated heterocycles. The highest BCUT2D eigenvalue weighted by Crippen LogP contribution is 2.18. The molecular formula is C7H8N4O2S. The van der Waals surface area contributed by atoms with E-state index in [1.165, 1.54) is 18.4 Å². The van der Waals surface area contributed by atoms with Gasteiger partial charge in [-0.25, -0.2) is 15.2 Å². The second-order valence-electron chi connectivity index (χ2n) is 2.46. The van der Waals surface area contributed by atoms with E-state index in [1.54, 1.807) is 12.5 Å². The van der Waals surface area contributed by atoms with Crippen molar-refractivity contribution in [3.8, 4) is 0 Å². The highest BCUT2D eigenvalue weighted by molar-refractivity contribution is 7.16. The van der Waals surface area contributed by atoms with Crippen molar-refractivity contribution in [3.05, 3.63) is 17.9 Å². The predicted octanol–water partition coefficient (Wildman–Crippen LogP) is 1.08. The monoisotopic (exact) mass is 212 g/mol. The number of ether oxygens (including phenoxy) is 1. The number of anilines is 1. The normalized spacial score (nSPS) is 10.1. The van der Waals surface area contributed by atoms with Crippen LogP contribution in [-0.2, 0) is 4.74 Å². The maximum absolute atomic E-state index is 10.8. The second kappa shape index (κ2) is 3.54. The lowest BCUT2D eigenvalue weighted by molar-refractivity contribution is 0.173. The Labute approximate surface area is 83.5 Å². The summed E-state index contributed by atoms with van der Waals surface area (Å²) in [5.41, 5.74) is 5.08. The maximum atomic E-state index is 10.8. The molecule has 0 aliphatic carbocycles. The molecule has 0 spiro atoms. The summed E-state index contributed by atoms with van der Waals surface area (Å²) in [7, 11) is 1.30. The van der Waals surface area contributed by atoms with Crippen molar-refractivity contribution in [1.82, 2.24) is 14.8 Å². The van der Waals surface area contributed by atoms with Crippen molar-refractivity contribution in [3.63, 3.8) is 0 Å². The molecular weight excluding hydrogens is 204 g/mol. The molecule has 0 saturated carbocycles. The number of hydrogen-bond donors (Lipinski definition) is 2. The van der Waals surface area contributed by atoms with Gasteiger partial charge in [-0.15, -0.1) is 11.3 Å². The number of aromatic nitrogens is 2. The number of nitrogens with zero attached hydrogens (tertiary/aromatic N) is 2. The van der Waals surface area contributed by atoms with E-state index in [1.807, 2.05) is 9.78 Å². The fourth-order valence-electron chi connectivity index (χ4n) is 0.980. The molecule has 1 amide bonds. The molecule has 2 heterocycles. The van der Waals surface area contributed by atoms with Crippen molar-refractivity contribution in [2.75, 3.05) is 12.5 Å². The Bertz CT molecular complexity index is 449. The van der Waals surface area contributed by atoms with Gasteiger partial charge in [0, 0.05) is 5.38 Å². The number of fused-ring (bicyclic) bond motifs is 1. The van der Waals surface area contributed by atoms with E-state index in [0.717, 1.165) is 10.6 Å². The first kappa shape index (κ1) is 8.82. The van der Waals surface area contributed by atoms with E-state index < -0.39 is 6.09 Å². The topological polar surface area (TPSA) is 67.7 Å². The summed E-state index contributed by atoms with van der Waals surface area (Å²) in [6.45, 7) is 0. The quantitative estimate of drug-likeness (QED) is 0.731. The number of nitrogens with one attached hydrogen (secondary N) is 2. The molecule has 0 unspecified atom stereocenters. The highest BCUT2D eigenvalue weighted by Gasteiger charge is 2.03. The van der Waals surface area contributed by atoms with E-state index in [4.69, 9.17) is 0 Å². The molecule has 0 atom stereocenters. The van der Waals surface area contributed by atoms with Crippen LogP contribution in [0.5, 0.6) is 0 Å². The van der Waals surface area contributed by atoms with E-state index >= 15 is 0 Å². The van der Waals surface area contributed by atoms with Crippen LogP contribution in [0.25, 0.3) is 4.83 Å². The molecule has 0 fully saturated rings. The maximum Gasteiger partial charge on any atom is 0.425 e. The average Bonchev–Trinajstić information content (AvgIpc) is 2.76. The molecule has 2 aromatic rings. The summed E-state index contributed by atoms with van der Waals surface area (Å²) >= 11 is 1.53. The van der Waals surface area contributed by atoms with Crippen LogP contribution in [-0.4, -0.2) is 22.6 Å². The van der Waals surface area contributed by atoms with Gasteiger partial charge in [-0.3, -0.25) is 9.83 Å². The van der Waals surface area contributed by atoms with Crippen LogP contribution < -0.4 is 10.9 Å². The van der Waals surface area contributed by atoms with Crippen LogP contribution in [0.15, 0.2) is 17.9 Å². The lowest BCUT2D eigenvalue weighted by Crippen LogP contribution is -2.29. The van der Waals surface area contributed by atoms with Crippen molar-refractivity contribution in [2.45, 2.75) is 0 Å². The lowest BCUT2D eigenvalue weighted by Gasteiger charge is -2.04. The number of carbonyl (C=O) groups excluding carboxylic acids is 1. The van der Waals surface area contributed by atoms with Gasteiger partial charge in [0.05, 0.1) is 13.3 Å². The SMILES string of the molecule is COC(=O)NNc1csc2cncn12. The molecule has 2 rings (SSSR count). The van der Waals surface area contributed by atoms with Gasteiger partial charge in [-0.2, -0.15) is 0 Å². The van der Waals surface area contributed by atoms with Gasteiger partial charge in [0.15, 0.2) is 0 Å². The number of thiazole rings is 1. The zero-order valence-electron chi connectivity index (χ0n) is 7.35. The molecule has 7 heteroatoms. The minimum atomic E-state index is -0.538. The van der Waals surface area contributed by atoms with Crippen LogP contribution in [0.1, 0.15) is 0 Å². The fourth-order valence-corrected chi connectivity index (χ4v) is 1.77. The molecule has 2 N–H and O–H groups in total. The van der Waals surface area contributed by atoms with Gasteiger partial charge in [-0.05, 0) is 0 Å². The Morgan fingerprint density at radius 3 is 3.36 bits per heavy atom. The number of carbonyl (C=O) groups is 1. The Morgan fingerprint density at radius 1 is 1.71 bits per heavy atom. The molecule has 2 aromatic heterocycles. The Hall–Kier alpha value is -1.76. The first-order valence-electron chi connectivity index (χ1n) is 3.81. The minimum Gasteiger partial charge on any atom is -0.452 e. The van der Waals surface area contributed by atoms with Gasteiger partial charge in [0.25, 0.3) is 0 Å². The number of hydrazine groups is 1. The van der Waals surface area contributed by atoms with Gasteiger partial charge >= 0.3 is 6.09 Å². The second-order valence-corrected chi connectivity index (χ2v) is 3.35. The Morgan fingerprint density at radius 2 is 2.57 bits per heavy atom. The van der Waals surface area contributed by atoms with E-state index in [-0.39, 0.29) is 0 Å². The van der Waals surface area contributed by atoms with Crippen molar-refractivity contribution < 1.29 is 9.53 Å². The number of amides is 1. The van der Waals surface area contributed by atoms with Crippen LogP contribution in [0.3, 0.4) is 0 Å². The van der Waals surface area contributed by atoms with Crippen molar-refractivity contribution in [2.24, 2.45) is 0 Å². The smallest absolute Gasteiger partial charge is 0.425 e. The third kappa shape index (κ3) is 1.49. The molecule has 0 aliphatic heterocycles. The van der Waals surface area contributed by atoms with Crippen molar-refractivity contribution in [1.29, 1.82) is 0 Å². The van der Waals surface area contributed by atoms with Crippen LogP contribution in [0.2, 0.25) is 0 Å². The summed E-state index contributed by atoms with van der Waals surface area (Å²) in [4.78, 5) is 15.7. The van der Waals surface area contributed by atoms with Crippen LogP contribution in [0.4, 0.5) is 10.6 Å². The Kier molecular flexibility index (Phi) is 2.23. The number of methoxy groups -OCH3 is 1. The molecule has 14 heavy (non-hydrogen) atoms. The van der Waals surface area contributed by atoms with E-state index in [9.17, 15) is 4.79 Å². The molecule has 0 aliphatic rings. The van der Waals surface area contributed by atoms with E-state index in [0.29, 0.717) is 0 Å². The first-order valence-corrected chi connectivity index (χ1v) is 4.69. The fraction of sp³-hybridized carbons (Fsp3) is 0.143. The molecule has 0 aromatic carbocycles. The molecule has 0 bridgehead atoms. The summed E-state index contributed by atoms with van der Waals surface area (Å²) in [6.07, 6.45) is 2.87. The van der Waals surface area contributed by atoms with Crippen molar-refractivity contribution >= 4 is 28.1 Å². The third-order valence-corrected chi connectivity index (χ3v) is 2.52. The standard InChI is InChI=1S/C7H8N4O2S/c1-13-7(12)10-9-5-3-14-6-2-8-4-11(5)6/h2-4,9H,1H3,(H,10,12). The summed E-state index contributed by atoms with van der Waals surface area (Å²) < 4.78 is 6.23. The number of hydrogen-bond acceptors (Lipinski definition) is 5. The molecule has 74 valence electrons. The third-order valence-electron chi connectivity index (χ3n) is 1.63. The Balaban J connectivity index is 2.11. The van der Waals surface area contributed by atoms with Gasteiger partial charge in [-0.1, -0.05) is 0 Å². The number of imidazole rings is 1.